The van der Waals surface area contributed by atoms with E-state index in [4.69, 9.17) is 10.3 Å². The van der Waals surface area contributed by atoms with Gasteiger partial charge in [-0.25, -0.2) is 17.8 Å². The summed E-state index contributed by atoms with van der Waals surface area (Å²) in [5.74, 6) is 8.00. The van der Waals surface area contributed by atoms with E-state index in [1.807, 2.05) is 44.2 Å². The highest BCUT2D eigenvalue weighted by Crippen LogP contribution is 2.28. The van der Waals surface area contributed by atoms with Gasteiger partial charge in [-0.05, 0) is 44.0 Å². The molecular weight excluding hydrogens is 458 g/mol. The third kappa shape index (κ3) is 5.29. The quantitative estimate of drug-likeness (QED) is 0.272. The van der Waals surface area contributed by atoms with Gasteiger partial charge < -0.3 is 10.3 Å². The van der Waals surface area contributed by atoms with Gasteiger partial charge >= 0.3 is 0 Å². The van der Waals surface area contributed by atoms with Crippen LogP contribution in [0.15, 0.2) is 81.4 Å². The van der Waals surface area contributed by atoms with Gasteiger partial charge in [0.05, 0.1) is 16.7 Å². The Balaban J connectivity index is 1.49. The SMILES string of the molecule is Cc1ccc(S(=O)(=O)NC(CCSc2nnc(-c3ccoc3C)n2N)c2ccccc2)cc1. The predicted octanol–water partition coefficient (Wildman–Crippen LogP) is 4.07. The third-order valence-electron chi connectivity index (χ3n) is 5.23. The zero-order valence-electron chi connectivity index (χ0n) is 18.3. The van der Waals surface area contributed by atoms with Crippen LogP contribution in [0.2, 0.25) is 0 Å². The van der Waals surface area contributed by atoms with Gasteiger partial charge in [-0.3, -0.25) is 0 Å². The van der Waals surface area contributed by atoms with Gasteiger partial charge in [-0.2, -0.15) is 0 Å². The molecule has 172 valence electrons. The molecule has 4 aromatic rings. The second-order valence-electron chi connectivity index (χ2n) is 7.60. The van der Waals surface area contributed by atoms with Crippen LogP contribution >= 0.6 is 11.8 Å². The number of nitrogens with zero attached hydrogens (tertiary/aromatic N) is 3. The summed E-state index contributed by atoms with van der Waals surface area (Å²) in [5.41, 5.74) is 2.67. The smallest absolute Gasteiger partial charge is 0.241 e. The van der Waals surface area contributed by atoms with E-state index in [0.29, 0.717) is 28.9 Å². The first-order valence-corrected chi connectivity index (χ1v) is 12.8. The number of nitrogens with one attached hydrogen (secondary N) is 1. The maximum absolute atomic E-state index is 13.0. The highest BCUT2D eigenvalue weighted by Gasteiger charge is 2.22. The molecule has 2 heterocycles. The molecule has 0 bridgehead atoms. The fraction of sp³-hybridized carbons (Fsp3) is 0.217. The monoisotopic (exact) mass is 483 g/mol. The van der Waals surface area contributed by atoms with Crippen molar-refractivity contribution in [3.05, 3.63) is 83.8 Å². The molecule has 0 aliphatic heterocycles. The van der Waals surface area contributed by atoms with E-state index in [2.05, 4.69) is 14.9 Å². The molecule has 0 saturated carbocycles. The summed E-state index contributed by atoms with van der Waals surface area (Å²) in [4.78, 5) is 0.239. The molecule has 1 unspecified atom stereocenters. The van der Waals surface area contributed by atoms with Crippen LogP contribution in [-0.4, -0.2) is 29.0 Å². The Morgan fingerprint density at radius 2 is 1.79 bits per heavy atom. The Labute approximate surface area is 197 Å². The summed E-state index contributed by atoms with van der Waals surface area (Å²) < 4.78 is 35.6. The first-order chi connectivity index (χ1) is 15.8. The van der Waals surface area contributed by atoms with Crippen LogP contribution in [0, 0.1) is 13.8 Å². The molecule has 0 aliphatic carbocycles. The van der Waals surface area contributed by atoms with Crippen molar-refractivity contribution in [3.8, 4) is 11.4 Å². The van der Waals surface area contributed by atoms with Crippen LogP contribution in [-0.2, 0) is 10.0 Å². The van der Waals surface area contributed by atoms with Crippen LogP contribution in [0.25, 0.3) is 11.4 Å². The summed E-state index contributed by atoms with van der Waals surface area (Å²) in [6, 6.07) is 17.7. The van der Waals surface area contributed by atoms with Crippen LogP contribution in [0.1, 0.15) is 29.3 Å². The maximum Gasteiger partial charge on any atom is 0.241 e. The minimum atomic E-state index is -3.69. The van der Waals surface area contributed by atoms with Gasteiger partial charge in [0.2, 0.25) is 15.2 Å². The van der Waals surface area contributed by atoms with E-state index in [1.165, 1.54) is 16.4 Å². The Morgan fingerprint density at radius 1 is 1.06 bits per heavy atom. The van der Waals surface area contributed by atoms with Gasteiger partial charge in [0.15, 0.2) is 5.82 Å². The number of sulfonamides is 1. The van der Waals surface area contributed by atoms with E-state index in [9.17, 15) is 8.42 Å². The van der Waals surface area contributed by atoms with E-state index >= 15 is 0 Å². The normalized spacial score (nSPS) is 12.7. The molecule has 2 aromatic carbocycles. The van der Waals surface area contributed by atoms with Gasteiger partial charge in [-0.1, -0.05) is 59.8 Å². The first-order valence-electron chi connectivity index (χ1n) is 10.4. The Bertz CT molecular complexity index is 1320. The lowest BCUT2D eigenvalue weighted by Crippen LogP contribution is -2.29. The van der Waals surface area contributed by atoms with Crippen molar-refractivity contribution >= 4 is 21.8 Å². The Kier molecular flexibility index (Phi) is 6.87. The molecule has 0 saturated heterocycles. The van der Waals surface area contributed by atoms with E-state index < -0.39 is 16.1 Å². The number of aryl methyl sites for hydroxylation is 2. The zero-order chi connectivity index (χ0) is 23.4. The molecule has 8 nitrogen and oxygen atoms in total. The van der Waals surface area contributed by atoms with E-state index in [0.717, 1.165) is 16.7 Å². The van der Waals surface area contributed by atoms with Crippen molar-refractivity contribution in [2.24, 2.45) is 0 Å². The fourth-order valence-corrected chi connectivity index (χ4v) is 5.52. The summed E-state index contributed by atoms with van der Waals surface area (Å²) in [6.07, 6.45) is 2.11. The van der Waals surface area contributed by atoms with Crippen LogP contribution < -0.4 is 10.6 Å². The summed E-state index contributed by atoms with van der Waals surface area (Å²) in [5, 5.41) is 8.90. The fourth-order valence-electron chi connectivity index (χ4n) is 3.40. The molecule has 0 radical (unpaired) electrons. The number of furan rings is 1. The number of thioether (sulfide) groups is 1. The van der Waals surface area contributed by atoms with Gasteiger partial charge in [0.1, 0.15) is 5.76 Å². The number of rotatable bonds is 9. The van der Waals surface area contributed by atoms with Crippen molar-refractivity contribution in [2.75, 3.05) is 11.6 Å². The van der Waals surface area contributed by atoms with Crippen LogP contribution in [0.4, 0.5) is 0 Å². The molecule has 2 aromatic heterocycles. The molecule has 1 atom stereocenters. The molecule has 4 rings (SSSR count). The molecule has 0 fully saturated rings. The zero-order valence-corrected chi connectivity index (χ0v) is 19.9. The number of nitrogens with two attached hydrogens (primary N) is 1. The van der Waals surface area contributed by atoms with Gasteiger partial charge in [0.25, 0.3) is 0 Å². The lowest BCUT2D eigenvalue weighted by atomic mass is 10.1. The lowest BCUT2D eigenvalue weighted by Gasteiger charge is -2.19. The van der Waals surface area contributed by atoms with Crippen LogP contribution in [0.5, 0.6) is 0 Å². The average Bonchev–Trinajstić information content (AvgIpc) is 3.39. The molecular formula is C23H25N5O3S2. The molecule has 3 N–H and O–H groups in total. The molecule has 10 heteroatoms. The molecule has 0 amide bonds. The Morgan fingerprint density at radius 3 is 2.45 bits per heavy atom. The highest BCUT2D eigenvalue weighted by molar-refractivity contribution is 7.99. The summed E-state index contributed by atoms with van der Waals surface area (Å²) in [7, 11) is -3.69. The molecule has 0 spiro atoms. The van der Waals surface area contributed by atoms with Crippen molar-refractivity contribution in [3.63, 3.8) is 0 Å². The number of hydrogen-bond acceptors (Lipinski definition) is 7. The number of aromatic nitrogens is 3. The van der Waals surface area contributed by atoms with Gasteiger partial charge in [0, 0.05) is 11.8 Å². The minimum absolute atomic E-state index is 0.239. The standard InChI is InChI=1S/C23H25N5O3S2/c1-16-8-10-19(11-9-16)33(29,30)27-21(18-6-4-3-5-7-18)13-15-32-23-26-25-22(28(23)24)20-12-14-31-17(20)2/h3-12,14,21,27H,13,15,24H2,1-2H3. The summed E-state index contributed by atoms with van der Waals surface area (Å²) in [6.45, 7) is 3.75. The topological polar surface area (TPSA) is 116 Å². The maximum atomic E-state index is 13.0. The largest absolute Gasteiger partial charge is 0.469 e. The second-order valence-corrected chi connectivity index (χ2v) is 10.4. The van der Waals surface area contributed by atoms with Crippen molar-refractivity contribution in [1.29, 1.82) is 0 Å². The lowest BCUT2D eigenvalue weighted by molar-refractivity contribution is 0.535. The van der Waals surface area contributed by atoms with Crippen LogP contribution in [0.3, 0.4) is 0 Å². The number of benzene rings is 2. The Hall–Kier alpha value is -3.08. The number of hydrogen-bond donors (Lipinski definition) is 2. The molecule has 33 heavy (non-hydrogen) atoms. The van der Waals surface area contributed by atoms with Crippen molar-refractivity contribution in [2.45, 2.75) is 36.4 Å². The highest BCUT2D eigenvalue weighted by atomic mass is 32.2. The summed E-state index contributed by atoms with van der Waals surface area (Å²) >= 11 is 1.42. The number of nitrogen functional groups attached to an aromatic ring is 1. The first kappa shape index (κ1) is 23.1. The van der Waals surface area contributed by atoms with Crippen molar-refractivity contribution < 1.29 is 12.8 Å². The second kappa shape index (κ2) is 9.82. The van der Waals surface area contributed by atoms with Crippen molar-refractivity contribution in [1.82, 2.24) is 19.6 Å². The third-order valence-corrected chi connectivity index (χ3v) is 7.70. The van der Waals surface area contributed by atoms with E-state index in [1.54, 1.807) is 36.6 Å². The predicted molar refractivity (Wildman–Crippen MR) is 129 cm³/mol. The van der Waals surface area contributed by atoms with Gasteiger partial charge in [-0.15, -0.1) is 10.2 Å². The minimum Gasteiger partial charge on any atom is -0.469 e. The van der Waals surface area contributed by atoms with E-state index in [-0.39, 0.29) is 4.90 Å². The average molecular weight is 484 g/mol. The molecule has 0 aliphatic rings.